The summed E-state index contributed by atoms with van der Waals surface area (Å²) in [7, 11) is 0. The van der Waals surface area contributed by atoms with Gasteiger partial charge < -0.3 is 9.84 Å². The topological polar surface area (TPSA) is 46.5 Å². The number of unbranched alkanes of at least 4 members (excludes halogenated alkanes) is 2. The maximum absolute atomic E-state index is 12.8. The number of allylic oxidation sites excluding steroid dienone is 1. The summed E-state index contributed by atoms with van der Waals surface area (Å²) in [6.45, 7) is 12.8. The molecular weight excluding hydrogens is 348 g/mol. The summed E-state index contributed by atoms with van der Waals surface area (Å²) in [6, 6.07) is 4.02. The minimum Gasteiger partial charge on any atom is -0.507 e. The predicted octanol–water partition coefficient (Wildman–Crippen LogP) is 6.64. The molecule has 3 nitrogen and oxygen atoms in total. The summed E-state index contributed by atoms with van der Waals surface area (Å²) in [5.74, 6) is 2.18. The van der Waals surface area contributed by atoms with Crippen molar-refractivity contribution in [2.24, 2.45) is 11.8 Å². The zero-order valence-electron chi connectivity index (χ0n) is 18.4. The van der Waals surface area contributed by atoms with Gasteiger partial charge in [0.1, 0.15) is 17.1 Å². The van der Waals surface area contributed by atoms with Crippen molar-refractivity contribution < 1.29 is 14.6 Å². The Morgan fingerprint density at radius 3 is 2.64 bits per heavy atom. The first-order chi connectivity index (χ1) is 13.2. The largest absolute Gasteiger partial charge is 0.507 e. The quantitative estimate of drug-likeness (QED) is 0.559. The van der Waals surface area contributed by atoms with Crippen molar-refractivity contribution in [2.75, 3.05) is 0 Å². The second-order valence-electron chi connectivity index (χ2n) is 9.40. The van der Waals surface area contributed by atoms with E-state index < -0.39 is 5.60 Å². The third-order valence-corrected chi connectivity index (χ3v) is 6.86. The van der Waals surface area contributed by atoms with Crippen LogP contribution in [0.5, 0.6) is 11.5 Å². The Balaban J connectivity index is 2.05. The number of carbonyl (C=O) groups is 1. The fourth-order valence-electron chi connectivity index (χ4n) is 4.95. The van der Waals surface area contributed by atoms with Crippen molar-refractivity contribution >= 4 is 11.4 Å². The van der Waals surface area contributed by atoms with Gasteiger partial charge in [0.15, 0.2) is 5.78 Å². The van der Waals surface area contributed by atoms with Crippen molar-refractivity contribution in [1.82, 2.24) is 0 Å². The van der Waals surface area contributed by atoms with E-state index in [1.807, 2.05) is 26.0 Å². The van der Waals surface area contributed by atoms with Crippen LogP contribution in [0.15, 0.2) is 17.7 Å². The molecule has 154 valence electrons. The molecule has 0 spiro atoms. The molecule has 3 atom stereocenters. The van der Waals surface area contributed by atoms with E-state index in [-0.39, 0.29) is 17.6 Å². The molecular formula is C25H36O3. The molecule has 0 amide bonds. The van der Waals surface area contributed by atoms with Crippen LogP contribution in [0, 0.1) is 11.8 Å². The Morgan fingerprint density at radius 2 is 1.96 bits per heavy atom. The van der Waals surface area contributed by atoms with Crippen LogP contribution in [0.25, 0.3) is 5.57 Å². The van der Waals surface area contributed by atoms with Crippen LogP contribution in [0.1, 0.15) is 97.1 Å². The van der Waals surface area contributed by atoms with E-state index in [4.69, 9.17) is 4.74 Å². The summed E-state index contributed by atoms with van der Waals surface area (Å²) >= 11 is 0. The molecule has 1 heterocycles. The van der Waals surface area contributed by atoms with Gasteiger partial charge in [0, 0.05) is 12.0 Å². The highest BCUT2D eigenvalue weighted by atomic mass is 16.5. The lowest BCUT2D eigenvalue weighted by Gasteiger charge is -2.41. The zero-order chi connectivity index (χ0) is 20.6. The number of carbonyl (C=O) groups excluding carboxylic acids is 1. The lowest BCUT2D eigenvalue weighted by Crippen LogP contribution is -2.41. The molecule has 0 saturated carbocycles. The van der Waals surface area contributed by atoms with E-state index in [0.29, 0.717) is 23.8 Å². The number of hydrogen-bond acceptors (Lipinski definition) is 3. The zero-order valence-corrected chi connectivity index (χ0v) is 18.4. The van der Waals surface area contributed by atoms with E-state index in [1.54, 1.807) is 0 Å². The van der Waals surface area contributed by atoms with Gasteiger partial charge in [0.25, 0.3) is 0 Å². The Bertz CT molecular complexity index is 787. The number of phenolic OH excluding ortho intramolecular Hbond substituents is 1. The van der Waals surface area contributed by atoms with Gasteiger partial charge in [-0.1, -0.05) is 59.4 Å². The molecule has 2 aliphatic rings. The van der Waals surface area contributed by atoms with Crippen molar-refractivity contribution in [3.05, 3.63) is 28.8 Å². The summed E-state index contributed by atoms with van der Waals surface area (Å²) < 4.78 is 6.22. The molecule has 0 aromatic heterocycles. The lowest BCUT2D eigenvalue weighted by atomic mass is 9.71. The number of Topliss-reactive ketones (excluding diaryl/α,β-unsaturated/α-hetero) is 1. The number of phenols is 1. The van der Waals surface area contributed by atoms with Gasteiger partial charge in [-0.25, -0.2) is 0 Å². The molecule has 1 N–H and O–H groups in total. The average molecular weight is 385 g/mol. The Hall–Kier alpha value is -1.77. The molecule has 1 aromatic rings. The van der Waals surface area contributed by atoms with Gasteiger partial charge in [-0.3, -0.25) is 4.79 Å². The van der Waals surface area contributed by atoms with Crippen LogP contribution in [0.3, 0.4) is 0 Å². The van der Waals surface area contributed by atoms with Gasteiger partial charge in [-0.15, -0.1) is 0 Å². The molecule has 0 radical (unpaired) electrons. The van der Waals surface area contributed by atoms with E-state index in [9.17, 15) is 9.90 Å². The minimum absolute atomic E-state index is 0.162. The smallest absolute Gasteiger partial charge is 0.163 e. The molecule has 0 bridgehead atoms. The van der Waals surface area contributed by atoms with Gasteiger partial charge >= 0.3 is 0 Å². The Morgan fingerprint density at radius 1 is 1.25 bits per heavy atom. The van der Waals surface area contributed by atoms with Crippen LogP contribution in [-0.4, -0.2) is 16.5 Å². The maximum Gasteiger partial charge on any atom is 0.163 e. The maximum atomic E-state index is 12.8. The van der Waals surface area contributed by atoms with E-state index >= 15 is 0 Å². The first-order valence-corrected chi connectivity index (χ1v) is 11.0. The van der Waals surface area contributed by atoms with Crippen molar-refractivity contribution in [3.63, 3.8) is 0 Å². The normalized spacial score (nSPS) is 22.9. The standard InChI is InChI=1S/C25H36O3/c1-7-8-9-10-15(2)17(4)18-12-14-20-22(24(18)27)21-16(3)11-13-19(26)23(21)25(5,6)28-20/h12,14-17,27H,7-11,13H2,1-6H3. The molecule has 3 heteroatoms. The van der Waals surface area contributed by atoms with Crippen LogP contribution in [-0.2, 0) is 4.79 Å². The van der Waals surface area contributed by atoms with E-state index in [0.717, 1.165) is 35.1 Å². The van der Waals surface area contributed by atoms with Crippen LogP contribution < -0.4 is 4.74 Å². The second-order valence-corrected chi connectivity index (χ2v) is 9.40. The van der Waals surface area contributed by atoms with Gasteiger partial charge in [-0.2, -0.15) is 0 Å². The molecule has 3 rings (SSSR count). The van der Waals surface area contributed by atoms with Crippen LogP contribution >= 0.6 is 0 Å². The summed E-state index contributed by atoms with van der Waals surface area (Å²) in [4.78, 5) is 12.8. The van der Waals surface area contributed by atoms with Crippen molar-refractivity contribution in [2.45, 2.75) is 91.6 Å². The molecule has 1 aliphatic heterocycles. The molecule has 0 saturated heterocycles. The molecule has 0 fully saturated rings. The molecule has 1 aliphatic carbocycles. The second kappa shape index (κ2) is 7.93. The molecule has 3 unspecified atom stereocenters. The number of fused-ring (bicyclic) bond motifs is 2. The number of ether oxygens (including phenoxy) is 1. The highest BCUT2D eigenvalue weighted by Gasteiger charge is 2.44. The highest BCUT2D eigenvalue weighted by Crippen LogP contribution is 2.53. The summed E-state index contributed by atoms with van der Waals surface area (Å²) in [5.41, 5.74) is 2.85. The number of hydrogen-bond donors (Lipinski definition) is 1. The van der Waals surface area contributed by atoms with E-state index in [1.165, 1.54) is 19.3 Å². The fraction of sp³-hybridized carbons (Fsp3) is 0.640. The van der Waals surface area contributed by atoms with Gasteiger partial charge in [0.2, 0.25) is 0 Å². The van der Waals surface area contributed by atoms with Crippen LogP contribution in [0.4, 0.5) is 0 Å². The summed E-state index contributed by atoms with van der Waals surface area (Å²) in [5, 5.41) is 11.3. The lowest BCUT2D eigenvalue weighted by molar-refractivity contribution is -0.117. The highest BCUT2D eigenvalue weighted by molar-refractivity contribution is 6.08. The first kappa shape index (κ1) is 21.0. The number of rotatable bonds is 6. The van der Waals surface area contributed by atoms with E-state index in [2.05, 4.69) is 27.7 Å². The number of aromatic hydroxyl groups is 1. The third-order valence-electron chi connectivity index (χ3n) is 6.86. The van der Waals surface area contributed by atoms with Gasteiger partial charge in [0.05, 0.1) is 5.56 Å². The van der Waals surface area contributed by atoms with Crippen LogP contribution in [0.2, 0.25) is 0 Å². The summed E-state index contributed by atoms with van der Waals surface area (Å²) in [6.07, 6.45) is 6.27. The number of benzene rings is 1. The predicted molar refractivity (Wildman–Crippen MR) is 115 cm³/mol. The Kier molecular flexibility index (Phi) is 5.93. The molecule has 1 aromatic carbocycles. The third kappa shape index (κ3) is 3.60. The average Bonchev–Trinajstić information content (AvgIpc) is 2.63. The van der Waals surface area contributed by atoms with Crippen molar-refractivity contribution in [1.29, 1.82) is 0 Å². The SMILES string of the molecule is CCCCCC(C)C(C)c1ccc2c(c1O)C1=C(C(=O)CCC1C)C(C)(C)O2. The monoisotopic (exact) mass is 384 g/mol. The first-order valence-electron chi connectivity index (χ1n) is 11.0. The van der Waals surface area contributed by atoms with Crippen molar-refractivity contribution in [3.8, 4) is 11.5 Å². The number of ketones is 1. The minimum atomic E-state index is -0.652. The fourth-order valence-corrected chi connectivity index (χ4v) is 4.95. The molecule has 28 heavy (non-hydrogen) atoms. The Labute approximate surface area is 170 Å². The van der Waals surface area contributed by atoms with Gasteiger partial charge in [-0.05, 0) is 55.2 Å².